The first-order valence-electron chi connectivity index (χ1n) is 7.66. The average Bonchev–Trinajstić information content (AvgIpc) is 2.97. The summed E-state index contributed by atoms with van der Waals surface area (Å²) in [5.41, 5.74) is -3.18. The van der Waals surface area contributed by atoms with Crippen LogP contribution in [0.5, 0.6) is 0 Å². The molecule has 0 fully saturated rings. The number of halogens is 6. The van der Waals surface area contributed by atoms with Gasteiger partial charge in [-0.2, -0.15) is 31.4 Å². The molecule has 0 radical (unpaired) electrons. The van der Waals surface area contributed by atoms with Crippen LogP contribution in [0.4, 0.5) is 37.7 Å². The molecule has 2 N–H and O–H groups in total. The SMILES string of the molecule is [C-]#[N+]c1ccc(NC(=O)C2(C)CC(C(F)(F)F)=NN2)c(CC)c1C(F)(F)F. The van der Waals surface area contributed by atoms with Gasteiger partial charge in [-0.15, -0.1) is 0 Å². The van der Waals surface area contributed by atoms with Crippen molar-refractivity contribution in [2.45, 2.75) is 44.6 Å². The standard InChI is InChI=1S/C16H14F6N4O/c1-4-8-9(5-6-10(23-3)12(8)16(20,21)22)24-13(27)14(2)7-11(25-26-14)15(17,18)19/h5-6,26H,4,7H2,1-2H3,(H,24,27). The van der Waals surface area contributed by atoms with Crippen molar-refractivity contribution >= 4 is 23.0 Å². The van der Waals surface area contributed by atoms with Crippen LogP contribution in [-0.4, -0.2) is 23.3 Å². The minimum absolute atomic E-state index is 0.151. The van der Waals surface area contributed by atoms with Crippen LogP contribution in [0, 0.1) is 6.57 Å². The molecule has 0 aromatic heterocycles. The van der Waals surface area contributed by atoms with Gasteiger partial charge in [0.2, 0.25) is 0 Å². The van der Waals surface area contributed by atoms with Crippen LogP contribution in [0.15, 0.2) is 17.2 Å². The highest BCUT2D eigenvalue weighted by Crippen LogP contribution is 2.42. The summed E-state index contributed by atoms with van der Waals surface area (Å²) in [6, 6.07) is 2.04. The lowest BCUT2D eigenvalue weighted by Gasteiger charge is -2.25. The van der Waals surface area contributed by atoms with Gasteiger partial charge in [0, 0.05) is 12.1 Å². The van der Waals surface area contributed by atoms with E-state index in [1.807, 2.05) is 0 Å². The van der Waals surface area contributed by atoms with E-state index in [1.165, 1.54) is 6.92 Å². The zero-order valence-electron chi connectivity index (χ0n) is 14.1. The third kappa shape index (κ3) is 3.99. The van der Waals surface area contributed by atoms with Gasteiger partial charge in [0.15, 0.2) is 5.69 Å². The molecule has 1 unspecified atom stereocenters. The number of nitrogens with one attached hydrogen (secondary N) is 2. The van der Waals surface area contributed by atoms with Crippen molar-refractivity contribution in [1.82, 2.24) is 5.43 Å². The Morgan fingerprint density at radius 2 is 1.93 bits per heavy atom. The van der Waals surface area contributed by atoms with Crippen molar-refractivity contribution in [1.29, 1.82) is 0 Å². The van der Waals surface area contributed by atoms with E-state index >= 15 is 0 Å². The number of rotatable bonds is 3. The summed E-state index contributed by atoms with van der Waals surface area (Å²) < 4.78 is 78.2. The van der Waals surface area contributed by atoms with Gasteiger partial charge in [-0.3, -0.25) is 10.2 Å². The number of alkyl halides is 6. The highest BCUT2D eigenvalue weighted by atomic mass is 19.4. The number of nitrogens with zero attached hydrogens (tertiary/aromatic N) is 2. The van der Waals surface area contributed by atoms with Gasteiger partial charge in [-0.05, 0) is 25.0 Å². The Morgan fingerprint density at radius 3 is 2.37 bits per heavy atom. The van der Waals surface area contributed by atoms with Gasteiger partial charge in [-0.25, -0.2) is 4.85 Å². The Hall–Kier alpha value is -2.77. The Bertz CT molecular complexity index is 837. The highest BCUT2D eigenvalue weighted by molar-refractivity contribution is 6.05. The molecule has 1 aromatic carbocycles. The second-order valence-corrected chi connectivity index (χ2v) is 6.08. The van der Waals surface area contributed by atoms with Crippen molar-refractivity contribution < 1.29 is 31.1 Å². The van der Waals surface area contributed by atoms with Crippen LogP contribution in [0.3, 0.4) is 0 Å². The summed E-state index contributed by atoms with van der Waals surface area (Å²) in [5.74, 6) is -0.969. The van der Waals surface area contributed by atoms with Crippen LogP contribution in [0.2, 0.25) is 0 Å². The zero-order valence-corrected chi connectivity index (χ0v) is 14.1. The van der Waals surface area contributed by atoms with E-state index in [-0.39, 0.29) is 17.7 Å². The van der Waals surface area contributed by atoms with E-state index in [1.54, 1.807) is 0 Å². The van der Waals surface area contributed by atoms with Gasteiger partial charge in [-0.1, -0.05) is 13.0 Å². The number of anilines is 1. The molecule has 1 aromatic rings. The Kier molecular flexibility index (Phi) is 5.14. The fourth-order valence-corrected chi connectivity index (χ4v) is 2.69. The summed E-state index contributed by atoms with van der Waals surface area (Å²) in [6.45, 7) is 9.47. The van der Waals surface area contributed by atoms with Crippen molar-refractivity contribution in [3.63, 3.8) is 0 Å². The monoisotopic (exact) mass is 392 g/mol. The van der Waals surface area contributed by atoms with Crippen LogP contribution >= 0.6 is 0 Å². The minimum atomic E-state index is -4.83. The van der Waals surface area contributed by atoms with Crippen LogP contribution in [-0.2, 0) is 17.4 Å². The van der Waals surface area contributed by atoms with Crippen LogP contribution in [0.25, 0.3) is 4.85 Å². The van der Waals surface area contributed by atoms with E-state index in [0.29, 0.717) is 0 Å². The predicted molar refractivity (Wildman–Crippen MR) is 85.4 cm³/mol. The predicted octanol–water partition coefficient (Wildman–Crippen LogP) is 4.43. The smallest absolute Gasteiger partial charge is 0.324 e. The molecule has 0 saturated carbocycles. The zero-order chi connectivity index (χ0) is 20.6. The molecule has 0 aliphatic carbocycles. The molecule has 0 bridgehead atoms. The summed E-state index contributed by atoms with van der Waals surface area (Å²) in [6.07, 6.45) is -10.5. The number of hydrazone groups is 1. The highest BCUT2D eigenvalue weighted by Gasteiger charge is 2.48. The molecule has 1 aliphatic heterocycles. The number of benzene rings is 1. The van der Waals surface area contributed by atoms with Crippen molar-refractivity contribution in [3.8, 4) is 0 Å². The molecule has 0 saturated heterocycles. The third-order valence-corrected chi connectivity index (χ3v) is 4.08. The summed E-state index contributed by atoms with van der Waals surface area (Å²) in [4.78, 5) is 15.3. The number of amides is 1. The molecular formula is C16H14F6N4O. The molecule has 11 heteroatoms. The molecule has 0 spiro atoms. The molecule has 1 aliphatic rings. The van der Waals surface area contributed by atoms with E-state index in [0.717, 1.165) is 19.1 Å². The molecule has 27 heavy (non-hydrogen) atoms. The average molecular weight is 392 g/mol. The maximum absolute atomic E-state index is 13.3. The van der Waals surface area contributed by atoms with Crippen LogP contribution < -0.4 is 10.7 Å². The third-order valence-electron chi connectivity index (χ3n) is 4.08. The first kappa shape index (κ1) is 20.5. The van der Waals surface area contributed by atoms with Crippen molar-refractivity contribution in [3.05, 3.63) is 34.7 Å². The molecule has 1 heterocycles. The van der Waals surface area contributed by atoms with Gasteiger partial charge in [0.1, 0.15) is 11.3 Å². The topological polar surface area (TPSA) is 57.9 Å². The summed E-state index contributed by atoms with van der Waals surface area (Å²) in [7, 11) is 0. The molecular weight excluding hydrogens is 378 g/mol. The molecule has 1 amide bonds. The molecule has 146 valence electrons. The van der Waals surface area contributed by atoms with Crippen molar-refractivity contribution in [2.75, 3.05) is 5.32 Å². The Balaban J connectivity index is 2.36. The first-order chi connectivity index (χ1) is 12.3. The van der Waals surface area contributed by atoms with E-state index in [4.69, 9.17) is 6.57 Å². The maximum atomic E-state index is 13.3. The number of carbonyl (C=O) groups excluding carboxylic acids is 1. The molecule has 5 nitrogen and oxygen atoms in total. The van der Waals surface area contributed by atoms with E-state index < -0.39 is 47.2 Å². The van der Waals surface area contributed by atoms with Gasteiger partial charge in [0.25, 0.3) is 5.91 Å². The number of hydrogen-bond donors (Lipinski definition) is 2. The first-order valence-corrected chi connectivity index (χ1v) is 7.66. The number of carbonyl (C=O) groups is 1. The van der Waals surface area contributed by atoms with Crippen LogP contribution in [0.1, 0.15) is 31.4 Å². The summed E-state index contributed by atoms with van der Waals surface area (Å²) in [5, 5.41) is 5.35. The fourth-order valence-electron chi connectivity index (χ4n) is 2.69. The number of hydrogen-bond acceptors (Lipinski definition) is 3. The Morgan fingerprint density at radius 1 is 1.30 bits per heavy atom. The lowest BCUT2D eigenvalue weighted by molar-refractivity contribution is -0.137. The second kappa shape index (κ2) is 6.75. The van der Waals surface area contributed by atoms with E-state index in [9.17, 15) is 31.1 Å². The van der Waals surface area contributed by atoms with Gasteiger partial charge < -0.3 is 5.32 Å². The normalized spacial score (nSPS) is 19.9. The quantitative estimate of drug-likeness (QED) is 0.591. The van der Waals surface area contributed by atoms with Gasteiger partial charge in [0.05, 0.1) is 12.1 Å². The fraction of sp³-hybridized carbons (Fsp3) is 0.438. The lowest BCUT2D eigenvalue weighted by atomic mass is 9.94. The second-order valence-electron chi connectivity index (χ2n) is 6.08. The molecule has 1 atom stereocenters. The van der Waals surface area contributed by atoms with Gasteiger partial charge >= 0.3 is 12.4 Å². The largest absolute Gasteiger partial charge is 0.431 e. The maximum Gasteiger partial charge on any atom is 0.431 e. The lowest BCUT2D eigenvalue weighted by Crippen LogP contribution is -2.48. The van der Waals surface area contributed by atoms with E-state index in [2.05, 4.69) is 20.7 Å². The minimum Gasteiger partial charge on any atom is -0.324 e. The Labute approximate surface area is 150 Å². The van der Waals surface area contributed by atoms with Crippen molar-refractivity contribution in [2.24, 2.45) is 5.10 Å². The molecule has 2 rings (SSSR count). The summed E-state index contributed by atoms with van der Waals surface area (Å²) >= 11 is 0.